The van der Waals surface area contributed by atoms with Gasteiger partial charge in [0.2, 0.25) is 5.91 Å². The van der Waals surface area contributed by atoms with Gasteiger partial charge in [-0.1, -0.05) is 29.8 Å². The molecule has 3 rings (SSSR count). The predicted molar refractivity (Wildman–Crippen MR) is 110 cm³/mol. The second-order valence-electron chi connectivity index (χ2n) is 7.10. The third kappa shape index (κ3) is 5.33. The number of likely N-dealkylation sites (tertiary alicyclic amines) is 1. The monoisotopic (exact) mass is 404 g/mol. The summed E-state index contributed by atoms with van der Waals surface area (Å²) < 4.78 is 0. The van der Waals surface area contributed by atoms with Crippen LogP contribution in [0, 0.1) is 12.8 Å². The highest BCUT2D eigenvalue weighted by Gasteiger charge is 2.26. The molecule has 1 aromatic heterocycles. The summed E-state index contributed by atoms with van der Waals surface area (Å²) in [6.07, 6.45) is 3.36. The number of piperidine rings is 1. The van der Waals surface area contributed by atoms with Crippen molar-refractivity contribution >= 4 is 34.8 Å². The van der Waals surface area contributed by atoms with Gasteiger partial charge in [0.1, 0.15) is 0 Å². The number of benzene rings is 1. The molecule has 2 heterocycles. The molecule has 1 fully saturated rings. The maximum atomic E-state index is 12.7. The van der Waals surface area contributed by atoms with E-state index in [0.717, 1.165) is 48.4 Å². The van der Waals surface area contributed by atoms with Crippen LogP contribution in [0.5, 0.6) is 0 Å². The van der Waals surface area contributed by atoms with E-state index < -0.39 is 0 Å². The second kappa shape index (κ2) is 9.38. The van der Waals surface area contributed by atoms with Crippen LogP contribution in [-0.2, 0) is 11.3 Å². The molecule has 0 bridgehead atoms. The third-order valence-electron chi connectivity index (χ3n) is 5.08. The van der Waals surface area contributed by atoms with E-state index in [-0.39, 0.29) is 11.8 Å². The van der Waals surface area contributed by atoms with Crippen LogP contribution >= 0.6 is 22.9 Å². The van der Waals surface area contributed by atoms with E-state index in [1.54, 1.807) is 0 Å². The standard InChI is InChI=1S/C21H25ClN2O2S/c1-15-10-12-27-20(15)21(26)24-11-4-5-16(14-24)8-9-19(25)23-13-17-6-2-3-7-18(17)22/h2-3,6-7,10,12,16H,4-5,8-9,11,13-14H2,1H3,(H,23,25). The summed E-state index contributed by atoms with van der Waals surface area (Å²) in [6, 6.07) is 9.52. The number of thiophene rings is 1. The van der Waals surface area contributed by atoms with Crippen molar-refractivity contribution in [3.8, 4) is 0 Å². The highest BCUT2D eigenvalue weighted by molar-refractivity contribution is 7.12. The normalized spacial score (nSPS) is 17.0. The van der Waals surface area contributed by atoms with Crippen LogP contribution in [0.1, 0.15) is 46.5 Å². The molecule has 0 aliphatic carbocycles. The number of halogens is 1. The molecule has 2 amide bonds. The van der Waals surface area contributed by atoms with E-state index >= 15 is 0 Å². The Kier molecular flexibility index (Phi) is 6.91. The van der Waals surface area contributed by atoms with Gasteiger partial charge >= 0.3 is 0 Å². The van der Waals surface area contributed by atoms with E-state index in [1.807, 2.05) is 47.5 Å². The van der Waals surface area contributed by atoms with Crippen molar-refractivity contribution in [1.82, 2.24) is 10.2 Å². The van der Waals surface area contributed by atoms with Crippen molar-refractivity contribution < 1.29 is 9.59 Å². The topological polar surface area (TPSA) is 49.4 Å². The first-order valence-electron chi connectivity index (χ1n) is 9.38. The van der Waals surface area contributed by atoms with Gasteiger partial charge in [-0.2, -0.15) is 0 Å². The number of amides is 2. The van der Waals surface area contributed by atoms with Crippen LogP contribution in [0.15, 0.2) is 35.7 Å². The minimum absolute atomic E-state index is 0.0347. The number of hydrogen-bond acceptors (Lipinski definition) is 3. The number of nitrogens with one attached hydrogen (secondary N) is 1. The number of rotatable bonds is 6. The zero-order chi connectivity index (χ0) is 19.2. The Morgan fingerprint density at radius 1 is 1.30 bits per heavy atom. The van der Waals surface area contributed by atoms with E-state index in [0.29, 0.717) is 23.9 Å². The third-order valence-corrected chi connectivity index (χ3v) is 6.45. The molecule has 0 saturated carbocycles. The molecule has 1 aliphatic heterocycles. The molecule has 4 nitrogen and oxygen atoms in total. The maximum absolute atomic E-state index is 12.7. The van der Waals surface area contributed by atoms with E-state index in [2.05, 4.69) is 5.32 Å². The molecule has 1 saturated heterocycles. The van der Waals surface area contributed by atoms with Crippen LogP contribution in [0.3, 0.4) is 0 Å². The average Bonchev–Trinajstić information content (AvgIpc) is 3.11. The predicted octanol–water partition coefficient (Wildman–Crippen LogP) is 4.66. The number of aryl methyl sites for hydroxylation is 1. The molecule has 0 spiro atoms. The Hall–Kier alpha value is -1.85. The van der Waals surface area contributed by atoms with Gasteiger partial charge in [-0.25, -0.2) is 0 Å². The first-order chi connectivity index (χ1) is 13.0. The molecule has 1 N–H and O–H groups in total. The van der Waals surface area contributed by atoms with Crippen molar-refractivity contribution in [2.24, 2.45) is 5.92 Å². The zero-order valence-electron chi connectivity index (χ0n) is 15.5. The van der Waals surface area contributed by atoms with Gasteiger partial charge in [-0.15, -0.1) is 11.3 Å². The van der Waals surface area contributed by atoms with Gasteiger partial charge in [-0.3, -0.25) is 9.59 Å². The van der Waals surface area contributed by atoms with Crippen LogP contribution in [0.2, 0.25) is 5.02 Å². The molecule has 27 heavy (non-hydrogen) atoms. The lowest BCUT2D eigenvalue weighted by molar-refractivity contribution is -0.121. The fraction of sp³-hybridized carbons (Fsp3) is 0.429. The van der Waals surface area contributed by atoms with Gasteiger partial charge in [0.05, 0.1) is 4.88 Å². The van der Waals surface area contributed by atoms with Gasteiger partial charge in [0, 0.05) is 31.1 Å². The van der Waals surface area contributed by atoms with E-state index in [9.17, 15) is 9.59 Å². The molecule has 0 radical (unpaired) electrons. The van der Waals surface area contributed by atoms with Gasteiger partial charge in [0.15, 0.2) is 0 Å². The minimum atomic E-state index is 0.0347. The molecule has 1 aliphatic rings. The minimum Gasteiger partial charge on any atom is -0.352 e. The van der Waals surface area contributed by atoms with Crippen molar-refractivity contribution in [1.29, 1.82) is 0 Å². The van der Waals surface area contributed by atoms with E-state index in [1.165, 1.54) is 11.3 Å². The number of hydrogen-bond donors (Lipinski definition) is 1. The summed E-state index contributed by atoms with van der Waals surface area (Å²) in [6.45, 7) is 3.99. The SMILES string of the molecule is Cc1ccsc1C(=O)N1CCCC(CCC(=O)NCc2ccccc2Cl)C1. The second-order valence-corrected chi connectivity index (χ2v) is 8.42. The summed E-state index contributed by atoms with van der Waals surface area (Å²) in [4.78, 5) is 27.7. The van der Waals surface area contributed by atoms with Crippen molar-refractivity contribution in [2.45, 2.75) is 39.2 Å². The molecule has 1 unspecified atom stereocenters. The summed E-state index contributed by atoms with van der Waals surface area (Å²) in [5, 5.41) is 5.58. The first kappa shape index (κ1) is 19.9. The van der Waals surface area contributed by atoms with Crippen molar-refractivity contribution in [2.75, 3.05) is 13.1 Å². The molecule has 1 atom stereocenters. The fourth-order valence-electron chi connectivity index (χ4n) is 3.48. The van der Waals surface area contributed by atoms with Gasteiger partial charge in [-0.05, 0) is 60.7 Å². The van der Waals surface area contributed by atoms with Crippen LogP contribution in [-0.4, -0.2) is 29.8 Å². The van der Waals surface area contributed by atoms with Crippen LogP contribution < -0.4 is 5.32 Å². The number of nitrogens with zero attached hydrogens (tertiary/aromatic N) is 1. The van der Waals surface area contributed by atoms with E-state index in [4.69, 9.17) is 11.6 Å². The summed E-state index contributed by atoms with van der Waals surface area (Å²) >= 11 is 7.63. The first-order valence-corrected chi connectivity index (χ1v) is 10.6. The maximum Gasteiger partial charge on any atom is 0.264 e. The molecule has 2 aromatic rings. The Bertz CT molecular complexity index is 805. The summed E-state index contributed by atoms with van der Waals surface area (Å²) in [7, 11) is 0. The van der Waals surface area contributed by atoms with Gasteiger partial charge < -0.3 is 10.2 Å². The van der Waals surface area contributed by atoms with Crippen LogP contribution in [0.25, 0.3) is 0 Å². The Balaban J connectivity index is 1.45. The molecule has 6 heteroatoms. The lowest BCUT2D eigenvalue weighted by Gasteiger charge is -2.32. The van der Waals surface area contributed by atoms with Gasteiger partial charge in [0.25, 0.3) is 5.91 Å². The highest BCUT2D eigenvalue weighted by Crippen LogP contribution is 2.25. The number of carbonyl (C=O) groups is 2. The lowest BCUT2D eigenvalue weighted by atomic mass is 9.93. The largest absolute Gasteiger partial charge is 0.352 e. The lowest BCUT2D eigenvalue weighted by Crippen LogP contribution is -2.40. The summed E-state index contributed by atoms with van der Waals surface area (Å²) in [5.74, 6) is 0.553. The quantitative estimate of drug-likeness (QED) is 0.761. The van der Waals surface area contributed by atoms with Crippen LogP contribution in [0.4, 0.5) is 0 Å². The summed E-state index contributed by atoms with van der Waals surface area (Å²) in [5.41, 5.74) is 1.97. The highest BCUT2D eigenvalue weighted by atomic mass is 35.5. The van der Waals surface area contributed by atoms with Crippen molar-refractivity contribution in [3.63, 3.8) is 0 Å². The molecule has 1 aromatic carbocycles. The Labute approximate surface area is 169 Å². The smallest absolute Gasteiger partial charge is 0.264 e. The Morgan fingerprint density at radius 2 is 2.11 bits per heavy atom. The molecular weight excluding hydrogens is 380 g/mol. The molecule has 144 valence electrons. The average molecular weight is 405 g/mol. The fourth-order valence-corrected chi connectivity index (χ4v) is 4.57. The van der Waals surface area contributed by atoms with Crippen molar-refractivity contribution in [3.05, 3.63) is 56.7 Å². The number of carbonyl (C=O) groups excluding carboxylic acids is 2. The zero-order valence-corrected chi connectivity index (χ0v) is 17.1. The molecular formula is C21H25ClN2O2S. The Morgan fingerprint density at radius 3 is 2.85 bits per heavy atom.